The van der Waals surface area contributed by atoms with Crippen LogP contribution in [-0.2, 0) is 0 Å². The van der Waals surface area contributed by atoms with E-state index in [-0.39, 0.29) is 6.04 Å². The molecule has 1 unspecified atom stereocenters. The zero-order valence-electron chi connectivity index (χ0n) is 14.1. The number of benzene rings is 3. The number of hydrogen-bond donors (Lipinski definition) is 0. The summed E-state index contributed by atoms with van der Waals surface area (Å²) in [6, 6.07) is 27.2. The Labute approximate surface area is 153 Å². The predicted octanol–water partition coefficient (Wildman–Crippen LogP) is 6.00. The van der Waals surface area contributed by atoms with Crippen LogP contribution in [0.25, 0.3) is 0 Å². The summed E-state index contributed by atoms with van der Waals surface area (Å²) in [5.74, 6) is 0. The molecule has 1 aliphatic heterocycles. The SMILES string of the molecule is Cc1cccc(N2N=C(c3ccccc3)CC2c2ccc(Cl)cc2)c1. The molecule has 1 atom stereocenters. The van der Waals surface area contributed by atoms with E-state index in [9.17, 15) is 0 Å². The van der Waals surface area contributed by atoms with Crippen LogP contribution in [0.5, 0.6) is 0 Å². The van der Waals surface area contributed by atoms with Gasteiger partial charge in [0.15, 0.2) is 0 Å². The van der Waals surface area contributed by atoms with Crippen LogP contribution in [0, 0.1) is 6.92 Å². The lowest BCUT2D eigenvalue weighted by Crippen LogP contribution is -2.18. The smallest absolute Gasteiger partial charge is 0.0831 e. The summed E-state index contributed by atoms with van der Waals surface area (Å²) in [7, 11) is 0. The summed E-state index contributed by atoms with van der Waals surface area (Å²) < 4.78 is 0. The average molecular weight is 347 g/mol. The van der Waals surface area contributed by atoms with Crippen molar-refractivity contribution >= 4 is 23.0 Å². The van der Waals surface area contributed by atoms with Crippen LogP contribution >= 0.6 is 11.6 Å². The minimum absolute atomic E-state index is 0.175. The molecular formula is C22H19ClN2. The maximum atomic E-state index is 6.07. The van der Waals surface area contributed by atoms with Gasteiger partial charge in [-0.25, -0.2) is 0 Å². The van der Waals surface area contributed by atoms with E-state index in [1.807, 2.05) is 18.2 Å². The summed E-state index contributed by atoms with van der Waals surface area (Å²) in [5, 5.41) is 7.86. The number of anilines is 1. The van der Waals surface area contributed by atoms with Gasteiger partial charge in [0.2, 0.25) is 0 Å². The normalized spacial score (nSPS) is 16.8. The number of nitrogens with zero attached hydrogens (tertiary/aromatic N) is 2. The molecule has 3 aromatic rings. The lowest BCUT2D eigenvalue weighted by molar-refractivity contribution is 0.709. The summed E-state index contributed by atoms with van der Waals surface area (Å²) in [5.41, 5.74) is 5.86. The lowest BCUT2D eigenvalue weighted by Gasteiger charge is -2.24. The molecule has 0 fully saturated rings. The third-order valence-electron chi connectivity index (χ3n) is 4.54. The van der Waals surface area contributed by atoms with E-state index < -0.39 is 0 Å². The largest absolute Gasteiger partial charge is 0.257 e. The van der Waals surface area contributed by atoms with Crippen LogP contribution in [-0.4, -0.2) is 5.71 Å². The van der Waals surface area contributed by atoms with E-state index >= 15 is 0 Å². The Bertz CT molecular complexity index is 901. The van der Waals surface area contributed by atoms with Crippen molar-refractivity contribution in [3.8, 4) is 0 Å². The summed E-state index contributed by atoms with van der Waals surface area (Å²) in [6.07, 6.45) is 0.875. The van der Waals surface area contributed by atoms with E-state index in [1.54, 1.807) is 0 Å². The summed E-state index contributed by atoms with van der Waals surface area (Å²) in [4.78, 5) is 0. The Hall–Kier alpha value is -2.58. The maximum Gasteiger partial charge on any atom is 0.0831 e. The first-order valence-electron chi connectivity index (χ1n) is 8.45. The highest BCUT2D eigenvalue weighted by molar-refractivity contribution is 6.30. The molecule has 3 aromatic carbocycles. The Balaban J connectivity index is 1.76. The van der Waals surface area contributed by atoms with Gasteiger partial charge in [-0.05, 0) is 47.9 Å². The standard InChI is InChI=1S/C22H19ClN2/c1-16-6-5-9-20(14-16)25-22(18-10-12-19(23)13-11-18)15-21(24-25)17-7-3-2-4-8-17/h2-14,22H,15H2,1H3. The van der Waals surface area contributed by atoms with Crippen LogP contribution in [0.4, 0.5) is 5.69 Å². The van der Waals surface area contributed by atoms with Crippen molar-refractivity contribution in [2.45, 2.75) is 19.4 Å². The Kier molecular flexibility index (Phi) is 4.29. The molecule has 1 heterocycles. The van der Waals surface area contributed by atoms with Crippen molar-refractivity contribution in [3.63, 3.8) is 0 Å². The molecule has 4 rings (SSSR count). The molecule has 1 aliphatic rings. The van der Waals surface area contributed by atoms with Crippen LogP contribution in [0.1, 0.15) is 29.2 Å². The highest BCUT2D eigenvalue weighted by Gasteiger charge is 2.29. The van der Waals surface area contributed by atoms with Gasteiger partial charge in [0.05, 0.1) is 17.4 Å². The quantitative estimate of drug-likeness (QED) is 0.567. The molecule has 2 nitrogen and oxygen atoms in total. The zero-order chi connectivity index (χ0) is 17.2. The van der Waals surface area contributed by atoms with Gasteiger partial charge in [0.25, 0.3) is 0 Å². The minimum Gasteiger partial charge on any atom is -0.257 e. The number of aryl methyl sites for hydroxylation is 1. The third-order valence-corrected chi connectivity index (χ3v) is 4.79. The number of rotatable bonds is 3. The molecule has 25 heavy (non-hydrogen) atoms. The minimum atomic E-state index is 0.175. The molecule has 0 spiro atoms. The van der Waals surface area contributed by atoms with E-state index in [0.29, 0.717) is 0 Å². The first kappa shape index (κ1) is 15.9. The Morgan fingerprint density at radius 2 is 1.68 bits per heavy atom. The topological polar surface area (TPSA) is 15.6 Å². The fraction of sp³-hybridized carbons (Fsp3) is 0.136. The van der Waals surface area contributed by atoms with E-state index in [1.165, 1.54) is 16.7 Å². The fourth-order valence-corrected chi connectivity index (χ4v) is 3.39. The molecule has 124 valence electrons. The maximum absolute atomic E-state index is 6.07. The Morgan fingerprint density at radius 1 is 0.920 bits per heavy atom. The molecule has 0 amide bonds. The molecule has 3 heteroatoms. The summed E-state index contributed by atoms with van der Waals surface area (Å²) in [6.45, 7) is 2.11. The van der Waals surface area contributed by atoms with Gasteiger partial charge < -0.3 is 0 Å². The van der Waals surface area contributed by atoms with Crippen molar-refractivity contribution in [2.24, 2.45) is 5.10 Å². The van der Waals surface area contributed by atoms with E-state index in [0.717, 1.165) is 22.8 Å². The number of halogens is 1. The average Bonchev–Trinajstić information content (AvgIpc) is 3.08. The molecule has 0 bridgehead atoms. The molecule has 0 aliphatic carbocycles. The fourth-order valence-electron chi connectivity index (χ4n) is 3.27. The van der Waals surface area contributed by atoms with Crippen molar-refractivity contribution in [3.05, 3.63) is 101 Å². The molecule has 0 radical (unpaired) electrons. The monoisotopic (exact) mass is 346 g/mol. The summed E-state index contributed by atoms with van der Waals surface area (Å²) >= 11 is 6.07. The second-order valence-corrected chi connectivity index (χ2v) is 6.80. The molecule has 0 N–H and O–H groups in total. The van der Waals surface area contributed by atoms with Crippen LogP contribution in [0.2, 0.25) is 5.02 Å². The van der Waals surface area contributed by atoms with Gasteiger partial charge in [-0.2, -0.15) is 5.10 Å². The predicted molar refractivity (Wildman–Crippen MR) is 105 cm³/mol. The first-order valence-corrected chi connectivity index (χ1v) is 8.83. The van der Waals surface area contributed by atoms with Crippen molar-refractivity contribution in [2.75, 3.05) is 5.01 Å². The molecular weight excluding hydrogens is 328 g/mol. The highest BCUT2D eigenvalue weighted by atomic mass is 35.5. The third kappa shape index (κ3) is 3.31. The van der Waals surface area contributed by atoms with Crippen LogP contribution in [0.15, 0.2) is 84.0 Å². The van der Waals surface area contributed by atoms with E-state index in [4.69, 9.17) is 16.7 Å². The van der Waals surface area contributed by atoms with Gasteiger partial charge in [-0.1, -0.05) is 66.2 Å². The molecule has 0 saturated carbocycles. The number of hydrazone groups is 1. The lowest BCUT2D eigenvalue weighted by atomic mass is 9.98. The zero-order valence-corrected chi connectivity index (χ0v) is 14.8. The van der Waals surface area contributed by atoms with Crippen LogP contribution in [0.3, 0.4) is 0 Å². The van der Waals surface area contributed by atoms with Gasteiger partial charge in [-0.15, -0.1) is 0 Å². The van der Waals surface area contributed by atoms with Crippen molar-refractivity contribution in [1.82, 2.24) is 0 Å². The first-order chi connectivity index (χ1) is 12.2. The van der Waals surface area contributed by atoms with Gasteiger partial charge in [-0.3, -0.25) is 5.01 Å². The second kappa shape index (κ2) is 6.73. The van der Waals surface area contributed by atoms with Gasteiger partial charge in [0, 0.05) is 11.4 Å². The molecule has 0 aromatic heterocycles. The van der Waals surface area contributed by atoms with Crippen molar-refractivity contribution < 1.29 is 0 Å². The van der Waals surface area contributed by atoms with Crippen LogP contribution < -0.4 is 5.01 Å². The van der Waals surface area contributed by atoms with E-state index in [2.05, 4.69) is 72.6 Å². The highest BCUT2D eigenvalue weighted by Crippen LogP contribution is 2.37. The van der Waals surface area contributed by atoms with Gasteiger partial charge in [0.1, 0.15) is 0 Å². The number of hydrogen-bond acceptors (Lipinski definition) is 2. The van der Waals surface area contributed by atoms with Crippen molar-refractivity contribution in [1.29, 1.82) is 0 Å². The molecule has 0 saturated heterocycles. The van der Waals surface area contributed by atoms with Gasteiger partial charge >= 0.3 is 0 Å². The second-order valence-electron chi connectivity index (χ2n) is 6.37. The Morgan fingerprint density at radius 3 is 2.40 bits per heavy atom.